The summed E-state index contributed by atoms with van der Waals surface area (Å²) >= 11 is 0. The van der Waals surface area contributed by atoms with Crippen LogP contribution in [0.5, 0.6) is 17.2 Å². The van der Waals surface area contributed by atoms with E-state index in [4.69, 9.17) is 14.2 Å². The van der Waals surface area contributed by atoms with Crippen LogP contribution in [0.1, 0.15) is 18.1 Å². The number of aryl methyl sites for hydroxylation is 1. The third-order valence-electron chi connectivity index (χ3n) is 4.40. The molecule has 3 rings (SSSR count). The summed E-state index contributed by atoms with van der Waals surface area (Å²) in [5.41, 5.74) is 0.419. The van der Waals surface area contributed by atoms with Crippen molar-refractivity contribution in [3.8, 4) is 17.2 Å². The second-order valence-electron chi connectivity index (χ2n) is 6.68. The molecule has 0 aromatic heterocycles. The van der Waals surface area contributed by atoms with Gasteiger partial charge in [0.05, 0.1) is 19.3 Å². The van der Waals surface area contributed by atoms with Crippen molar-refractivity contribution >= 4 is 17.5 Å². The topological polar surface area (TPSA) is 106 Å². The summed E-state index contributed by atoms with van der Waals surface area (Å²) < 4.78 is 15.7. The Bertz CT molecular complexity index is 910. The highest BCUT2D eigenvalue weighted by Crippen LogP contribution is 2.35. The molecule has 8 nitrogen and oxygen atoms in total. The van der Waals surface area contributed by atoms with E-state index in [-0.39, 0.29) is 13.3 Å². The van der Waals surface area contributed by atoms with Gasteiger partial charge in [0.15, 0.2) is 11.5 Å². The highest BCUT2D eigenvalue weighted by atomic mass is 16.7. The Morgan fingerprint density at radius 3 is 2.64 bits per heavy atom. The summed E-state index contributed by atoms with van der Waals surface area (Å²) in [6.07, 6.45) is 0. The molecule has 0 saturated carbocycles. The van der Waals surface area contributed by atoms with Crippen LogP contribution in [-0.4, -0.2) is 37.4 Å². The number of ether oxygens (including phenoxy) is 3. The molecular weight excluding hydrogens is 364 g/mol. The molecule has 0 radical (unpaired) electrons. The lowest BCUT2D eigenvalue weighted by Gasteiger charge is -2.24. The predicted molar refractivity (Wildman–Crippen MR) is 102 cm³/mol. The van der Waals surface area contributed by atoms with Crippen LogP contribution in [0.2, 0.25) is 0 Å². The second-order valence-corrected chi connectivity index (χ2v) is 6.68. The largest absolute Gasteiger partial charge is 0.495 e. The van der Waals surface area contributed by atoms with Crippen molar-refractivity contribution in [3.63, 3.8) is 0 Å². The van der Waals surface area contributed by atoms with Gasteiger partial charge in [-0.15, -0.1) is 0 Å². The van der Waals surface area contributed by atoms with Crippen LogP contribution >= 0.6 is 0 Å². The zero-order valence-electron chi connectivity index (χ0n) is 15.9. The molecule has 8 heteroatoms. The third kappa shape index (κ3) is 4.17. The summed E-state index contributed by atoms with van der Waals surface area (Å²) in [7, 11) is 1.48. The van der Waals surface area contributed by atoms with Crippen LogP contribution < -0.4 is 24.8 Å². The summed E-state index contributed by atoms with van der Waals surface area (Å²) in [6, 6.07) is 10.2. The molecule has 2 aromatic rings. The molecule has 2 amide bonds. The second kappa shape index (κ2) is 7.77. The van der Waals surface area contributed by atoms with Crippen molar-refractivity contribution in [2.75, 3.05) is 25.8 Å². The molecule has 2 aromatic carbocycles. The minimum absolute atomic E-state index is 0.125. The fourth-order valence-electron chi connectivity index (χ4n) is 2.76. The van der Waals surface area contributed by atoms with E-state index in [1.807, 2.05) is 13.0 Å². The van der Waals surface area contributed by atoms with E-state index < -0.39 is 17.4 Å². The maximum Gasteiger partial charge on any atom is 0.313 e. The van der Waals surface area contributed by atoms with Gasteiger partial charge in [-0.25, -0.2) is 0 Å². The third-order valence-corrected chi connectivity index (χ3v) is 4.40. The molecule has 1 aliphatic rings. The monoisotopic (exact) mass is 386 g/mol. The maximum atomic E-state index is 12.2. The van der Waals surface area contributed by atoms with E-state index in [0.29, 0.717) is 28.5 Å². The van der Waals surface area contributed by atoms with Crippen LogP contribution in [0, 0.1) is 6.92 Å². The van der Waals surface area contributed by atoms with Gasteiger partial charge >= 0.3 is 11.8 Å². The summed E-state index contributed by atoms with van der Waals surface area (Å²) in [5.74, 6) is -0.169. The molecule has 148 valence electrons. The van der Waals surface area contributed by atoms with E-state index in [9.17, 15) is 14.7 Å². The van der Waals surface area contributed by atoms with Gasteiger partial charge in [-0.3, -0.25) is 9.59 Å². The molecule has 0 bridgehead atoms. The van der Waals surface area contributed by atoms with E-state index >= 15 is 0 Å². The molecule has 0 fully saturated rings. The first kappa shape index (κ1) is 19.5. The molecule has 28 heavy (non-hydrogen) atoms. The van der Waals surface area contributed by atoms with Crippen molar-refractivity contribution in [2.24, 2.45) is 0 Å². The molecular formula is C20H22N2O6. The predicted octanol–water partition coefficient (Wildman–Crippen LogP) is 1.69. The molecule has 0 spiro atoms. The first-order valence-corrected chi connectivity index (χ1v) is 8.66. The molecule has 0 saturated heterocycles. The Labute approximate surface area is 162 Å². The molecule has 1 atom stereocenters. The van der Waals surface area contributed by atoms with Gasteiger partial charge in [-0.05, 0) is 49.2 Å². The highest BCUT2D eigenvalue weighted by molar-refractivity contribution is 6.39. The number of fused-ring (bicyclic) bond motifs is 1. The smallest absolute Gasteiger partial charge is 0.313 e. The Balaban J connectivity index is 1.63. The van der Waals surface area contributed by atoms with Crippen LogP contribution in [0.4, 0.5) is 5.69 Å². The van der Waals surface area contributed by atoms with Crippen molar-refractivity contribution < 1.29 is 28.9 Å². The Hall–Kier alpha value is -3.26. The lowest BCUT2D eigenvalue weighted by atomic mass is 9.95. The fraction of sp³-hybridized carbons (Fsp3) is 0.300. The summed E-state index contributed by atoms with van der Waals surface area (Å²) in [5, 5.41) is 15.7. The molecule has 1 aliphatic heterocycles. The number of amides is 2. The number of anilines is 1. The van der Waals surface area contributed by atoms with Crippen LogP contribution in [0.3, 0.4) is 0 Å². The number of carbonyl (C=O) groups excluding carboxylic acids is 2. The zero-order chi connectivity index (χ0) is 20.3. The van der Waals surface area contributed by atoms with Crippen LogP contribution in [0.25, 0.3) is 0 Å². The quantitative estimate of drug-likeness (QED) is 0.676. The number of carbonyl (C=O) groups is 2. The van der Waals surface area contributed by atoms with Gasteiger partial charge in [-0.2, -0.15) is 0 Å². The molecule has 0 aliphatic carbocycles. The van der Waals surface area contributed by atoms with E-state index in [2.05, 4.69) is 10.6 Å². The van der Waals surface area contributed by atoms with Gasteiger partial charge in [0.25, 0.3) is 0 Å². The van der Waals surface area contributed by atoms with Gasteiger partial charge in [0, 0.05) is 0 Å². The zero-order valence-corrected chi connectivity index (χ0v) is 15.9. The lowest BCUT2D eigenvalue weighted by molar-refractivity contribution is -0.136. The molecule has 1 heterocycles. The van der Waals surface area contributed by atoms with E-state index in [1.165, 1.54) is 14.0 Å². The first-order valence-electron chi connectivity index (χ1n) is 8.66. The average molecular weight is 386 g/mol. The first-order chi connectivity index (χ1) is 13.3. The van der Waals surface area contributed by atoms with Crippen molar-refractivity contribution in [1.82, 2.24) is 5.32 Å². The Morgan fingerprint density at radius 2 is 1.89 bits per heavy atom. The summed E-state index contributed by atoms with van der Waals surface area (Å²) in [4.78, 5) is 24.4. The van der Waals surface area contributed by atoms with E-state index in [0.717, 1.165) is 5.56 Å². The summed E-state index contributed by atoms with van der Waals surface area (Å²) in [6.45, 7) is 3.36. The molecule has 1 unspecified atom stereocenters. The van der Waals surface area contributed by atoms with Gasteiger partial charge < -0.3 is 30.0 Å². The minimum atomic E-state index is -1.40. The lowest BCUT2D eigenvalue weighted by Crippen LogP contribution is -2.43. The van der Waals surface area contributed by atoms with Crippen LogP contribution in [0.15, 0.2) is 36.4 Å². The number of aliphatic hydroxyl groups is 1. The van der Waals surface area contributed by atoms with Gasteiger partial charge in [0.2, 0.25) is 6.79 Å². The number of hydrogen-bond acceptors (Lipinski definition) is 6. The standard InChI is InChI=1S/C20H22N2O6/c1-12-4-6-15(26-3)14(8-12)22-19(24)18(23)21-10-20(2,25)13-5-7-16-17(9-13)28-11-27-16/h4-9,25H,10-11H2,1-3H3,(H,21,23)(H,22,24). The van der Waals surface area contributed by atoms with E-state index in [1.54, 1.807) is 30.3 Å². The highest BCUT2D eigenvalue weighted by Gasteiger charge is 2.28. The normalized spacial score (nSPS) is 14.1. The Morgan fingerprint density at radius 1 is 1.14 bits per heavy atom. The number of hydrogen-bond donors (Lipinski definition) is 3. The van der Waals surface area contributed by atoms with Gasteiger partial charge in [0.1, 0.15) is 11.4 Å². The van der Waals surface area contributed by atoms with Gasteiger partial charge in [-0.1, -0.05) is 12.1 Å². The van der Waals surface area contributed by atoms with Crippen molar-refractivity contribution in [2.45, 2.75) is 19.4 Å². The fourth-order valence-corrected chi connectivity index (χ4v) is 2.76. The van der Waals surface area contributed by atoms with Crippen molar-refractivity contribution in [3.05, 3.63) is 47.5 Å². The minimum Gasteiger partial charge on any atom is -0.495 e. The maximum absolute atomic E-state index is 12.2. The number of methoxy groups -OCH3 is 1. The number of benzene rings is 2. The number of nitrogens with one attached hydrogen (secondary N) is 2. The Kier molecular flexibility index (Phi) is 5.41. The van der Waals surface area contributed by atoms with Crippen LogP contribution in [-0.2, 0) is 15.2 Å². The SMILES string of the molecule is COc1ccc(C)cc1NC(=O)C(=O)NCC(C)(O)c1ccc2c(c1)OCO2. The average Bonchev–Trinajstić information content (AvgIpc) is 3.14. The molecule has 3 N–H and O–H groups in total. The van der Waals surface area contributed by atoms with Crippen molar-refractivity contribution in [1.29, 1.82) is 0 Å². The number of rotatable bonds is 5.